The van der Waals surface area contributed by atoms with Crippen molar-refractivity contribution in [3.05, 3.63) is 0 Å². The molecule has 7 heteroatoms. The minimum Gasteiger partial charge on any atom is -0.373 e. The zero-order valence-electron chi connectivity index (χ0n) is 13.5. The molecule has 0 aliphatic carbocycles. The van der Waals surface area contributed by atoms with E-state index in [2.05, 4.69) is 5.32 Å². The van der Waals surface area contributed by atoms with Crippen molar-refractivity contribution in [2.45, 2.75) is 25.0 Å². The van der Waals surface area contributed by atoms with Gasteiger partial charge in [-0.3, -0.25) is 4.79 Å². The van der Waals surface area contributed by atoms with E-state index >= 15 is 0 Å². The van der Waals surface area contributed by atoms with Crippen molar-refractivity contribution in [3.63, 3.8) is 0 Å². The first-order valence-corrected chi connectivity index (χ1v) is 8.16. The summed E-state index contributed by atoms with van der Waals surface area (Å²) in [6, 6.07) is 0.323. The van der Waals surface area contributed by atoms with Gasteiger partial charge in [0.25, 0.3) is 0 Å². The topological polar surface area (TPSA) is 65.1 Å². The molecule has 1 N–H and O–H groups in total. The lowest BCUT2D eigenvalue weighted by molar-refractivity contribution is -0.136. The summed E-state index contributed by atoms with van der Waals surface area (Å²) in [7, 11) is 3.52. The summed E-state index contributed by atoms with van der Waals surface area (Å²) in [6.07, 6.45) is 1.67. The number of piperidine rings is 1. The van der Waals surface area contributed by atoms with Crippen LogP contribution in [0.5, 0.6) is 0 Å². The molecule has 0 aromatic carbocycles. The number of carbonyl (C=O) groups excluding carboxylic acids is 2. The van der Waals surface area contributed by atoms with Crippen molar-refractivity contribution in [3.8, 4) is 0 Å². The van der Waals surface area contributed by atoms with Crippen LogP contribution in [0.4, 0.5) is 4.79 Å². The molecule has 3 aliphatic heterocycles. The molecule has 0 aromatic rings. The number of urea groups is 1. The minimum absolute atomic E-state index is 0.0377. The Labute approximate surface area is 131 Å². The lowest BCUT2D eigenvalue weighted by Gasteiger charge is -2.34. The number of morpholine rings is 1. The van der Waals surface area contributed by atoms with E-state index in [1.165, 1.54) is 0 Å². The first-order chi connectivity index (χ1) is 10.6. The van der Waals surface area contributed by atoms with Crippen molar-refractivity contribution in [2.75, 3.05) is 53.4 Å². The predicted molar refractivity (Wildman–Crippen MR) is 81.5 cm³/mol. The number of amides is 3. The third kappa shape index (κ3) is 3.05. The van der Waals surface area contributed by atoms with E-state index < -0.39 is 0 Å². The van der Waals surface area contributed by atoms with E-state index in [-0.39, 0.29) is 30.0 Å². The van der Waals surface area contributed by atoms with E-state index in [0.717, 1.165) is 32.5 Å². The van der Waals surface area contributed by atoms with Gasteiger partial charge in [0.05, 0.1) is 18.8 Å². The van der Waals surface area contributed by atoms with Gasteiger partial charge in [-0.25, -0.2) is 4.79 Å². The fourth-order valence-corrected chi connectivity index (χ4v) is 3.63. The number of rotatable bonds is 1. The van der Waals surface area contributed by atoms with Crippen LogP contribution in [0.3, 0.4) is 0 Å². The molecule has 0 radical (unpaired) electrons. The van der Waals surface area contributed by atoms with Gasteiger partial charge in [0, 0.05) is 52.7 Å². The molecule has 2 unspecified atom stereocenters. The molecule has 0 aromatic heterocycles. The van der Waals surface area contributed by atoms with Crippen LogP contribution in [0.2, 0.25) is 0 Å². The average molecular weight is 310 g/mol. The molecule has 2 atom stereocenters. The Kier molecular flexibility index (Phi) is 4.54. The summed E-state index contributed by atoms with van der Waals surface area (Å²) in [5, 5.41) is 3.43. The van der Waals surface area contributed by atoms with Crippen LogP contribution in [-0.4, -0.2) is 92.2 Å². The molecule has 0 spiro atoms. The lowest BCUT2D eigenvalue weighted by atomic mass is 9.95. The van der Waals surface area contributed by atoms with E-state index in [1.54, 1.807) is 19.0 Å². The van der Waals surface area contributed by atoms with E-state index in [4.69, 9.17) is 4.74 Å². The molecule has 3 rings (SSSR count). The number of hydrogen-bond acceptors (Lipinski definition) is 4. The molecule has 3 fully saturated rings. The van der Waals surface area contributed by atoms with Crippen LogP contribution in [0, 0.1) is 5.92 Å². The van der Waals surface area contributed by atoms with Crippen molar-refractivity contribution in [2.24, 2.45) is 5.92 Å². The number of carbonyl (C=O) groups is 2. The summed E-state index contributed by atoms with van der Waals surface area (Å²) >= 11 is 0. The molecule has 3 aliphatic rings. The molecule has 7 nitrogen and oxygen atoms in total. The van der Waals surface area contributed by atoms with Gasteiger partial charge in [0.2, 0.25) is 5.91 Å². The van der Waals surface area contributed by atoms with Crippen LogP contribution in [0.15, 0.2) is 0 Å². The lowest BCUT2D eigenvalue weighted by Crippen LogP contribution is -2.47. The molecular weight excluding hydrogens is 284 g/mol. The smallest absolute Gasteiger partial charge is 0.319 e. The molecule has 3 heterocycles. The van der Waals surface area contributed by atoms with Gasteiger partial charge in [0.1, 0.15) is 0 Å². The van der Waals surface area contributed by atoms with Gasteiger partial charge in [-0.2, -0.15) is 0 Å². The zero-order chi connectivity index (χ0) is 15.7. The Morgan fingerprint density at radius 2 is 1.86 bits per heavy atom. The number of likely N-dealkylation sites (tertiary alicyclic amines) is 2. The van der Waals surface area contributed by atoms with Crippen LogP contribution >= 0.6 is 0 Å². The zero-order valence-corrected chi connectivity index (χ0v) is 13.5. The highest BCUT2D eigenvalue weighted by atomic mass is 16.5. The molecule has 0 bridgehead atoms. The normalized spacial score (nSPS) is 29.4. The first kappa shape index (κ1) is 15.6. The highest BCUT2D eigenvalue weighted by Gasteiger charge is 2.40. The molecule has 3 amide bonds. The number of nitrogens with one attached hydrogen (secondary N) is 1. The maximum absolute atomic E-state index is 12.7. The fraction of sp³-hybridized carbons (Fsp3) is 0.867. The highest BCUT2D eigenvalue weighted by molar-refractivity contribution is 5.80. The van der Waals surface area contributed by atoms with E-state index in [9.17, 15) is 9.59 Å². The SMILES string of the molecule is CN(C)C(=O)N1CCC(C(=O)N2CC3NCCOC3C2)CC1. The summed E-state index contributed by atoms with van der Waals surface area (Å²) in [5.74, 6) is 0.281. The standard InChI is InChI=1S/C15H26N4O3/c1-17(2)15(21)18-6-3-11(4-7-18)14(20)19-9-12-13(10-19)22-8-5-16-12/h11-13,16H,3-10H2,1-2H3. The number of fused-ring (bicyclic) bond motifs is 1. The number of hydrogen-bond donors (Lipinski definition) is 1. The maximum Gasteiger partial charge on any atom is 0.319 e. The summed E-state index contributed by atoms with van der Waals surface area (Å²) in [4.78, 5) is 30.0. The van der Waals surface area contributed by atoms with Gasteiger partial charge >= 0.3 is 6.03 Å². The second kappa shape index (κ2) is 6.42. The van der Waals surface area contributed by atoms with Crippen LogP contribution in [0.25, 0.3) is 0 Å². The van der Waals surface area contributed by atoms with Crippen LogP contribution in [-0.2, 0) is 9.53 Å². The summed E-state index contributed by atoms with van der Waals surface area (Å²) < 4.78 is 5.73. The average Bonchev–Trinajstić information content (AvgIpc) is 2.97. The van der Waals surface area contributed by atoms with Gasteiger partial charge in [-0.05, 0) is 12.8 Å². The Balaban J connectivity index is 1.51. The van der Waals surface area contributed by atoms with Gasteiger partial charge in [-0.15, -0.1) is 0 Å². The molecule has 3 saturated heterocycles. The molecular formula is C15H26N4O3. The second-order valence-corrected chi connectivity index (χ2v) is 6.65. The van der Waals surface area contributed by atoms with E-state index in [0.29, 0.717) is 19.6 Å². The second-order valence-electron chi connectivity index (χ2n) is 6.65. The van der Waals surface area contributed by atoms with Gasteiger partial charge < -0.3 is 24.8 Å². The third-order valence-electron chi connectivity index (χ3n) is 4.92. The minimum atomic E-state index is 0.0377. The maximum atomic E-state index is 12.7. The van der Waals surface area contributed by atoms with Gasteiger partial charge in [0.15, 0.2) is 0 Å². The monoisotopic (exact) mass is 310 g/mol. The highest BCUT2D eigenvalue weighted by Crippen LogP contribution is 2.24. The number of ether oxygens (including phenoxy) is 1. The van der Waals surface area contributed by atoms with Crippen molar-refractivity contribution in [1.82, 2.24) is 20.0 Å². The Hall–Kier alpha value is -1.34. The molecule has 0 saturated carbocycles. The summed E-state index contributed by atoms with van der Waals surface area (Å²) in [6.45, 7) is 4.39. The van der Waals surface area contributed by atoms with Crippen molar-refractivity contribution in [1.29, 1.82) is 0 Å². The van der Waals surface area contributed by atoms with Crippen molar-refractivity contribution < 1.29 is 14.3 Å². The van der Waals surface area contributed by atoms with E-state index in [1.807, 2.05) is 9.80 Å². The van der Waals surface area contributed by atoms with Crippen LogP contribution < -0.4 is 5.32 Å². The van der Waals surface area contributed by atoms with Crippen molar-refractivity contribution >= 4 is 11.9 Å². The van der Waals surface area contributed by atoms with Crippen LogP contribution in [0.1, 0.15) is 12.8 Å². The third-order valence-corrected chi connectivity index (χ3v) is 4.92. The largest absolute Gasteiger partial charge is 0.373 e. The Bertz CT molecular complexity index is 421. The van der Waals surface area contributed by atoms with Gasteiger partial charge in [-0.1, -0.05) is 0 Å². The Morgan fingerprint density at radius 3 is 2.50 bits per heavy atom. The molecule has 22 heavy (non-hydrogen) atoms. The predicted octanol–water partition coefficient (Wildman–Crippen LogP) is -0.421. The molecule has 124 valence electrons. The fourth-order valence-electron chi connectivity index (χ4n) is 3.63. The Morgan fingerprint density at radius 1 is 1.14 bits per heavy atom. The summed E-state index contributed by atoms with van der Waals surface area (Å²) in [5.41, 5.74) is 0. The quantitative estimate of drug-likeness (QED) is 0.714. The number of nitrogens with zero attached hydrogens (tertiary/aromatic N) is 3. The first-order valence-electron chi connectivity index (χ1n) is 8.16.